The van der Waals surface area contributed by atoms with Gasteiger partial charge in [-0.05, 0) is 88.3 Å². The molecular formula is C22H28N4O3S2. The van der Waals surface area contributed by atoms with Gasteiger partial charge in [-0.1, -0.05) is 17.4 Å². The quantitative estimate of drug-likeness (QED) is 0.680. The molecule has 0 unspecified atom stereocenters. The van der Waals surface area contributed by atoms with E-state index in [-0.39, 0.29) is 27.8 Å². The van der Waals surface area contributed by atoms with Gasteiger partial charge in [0.15, 0.2) is 0 Å². The summed E-state index contributed by atoms with van der Waals surface area (Å²) < 4.78 is 27.4. The molecule has 2 aromatic rings. The zero-order chi connectivity index (χ0) is 21.8. The number of amides is 1. The molecule has 2 N–H and O–H groups in total. The second-order valence-corrected chi connectivity index (χ2v) is 12.6. The Labute approximate surface area is 187 Å². The Balaban J connectivity index is 1.32. The summed E-state index contributed by atoms with van der Waals surface area (Å²) in [5.41, 5.74) is 0.421. The molecule has 9 heteroatoms. The van der Waals surface area contributed by atoms with Gasteiger partial charge in [0, 0.05) is 17.0 Å². The standard InChI is InChI=1S/C22H28N4O3S2/c1-13(2)26-31(28,29)18-5-3-4-17(9-18)19(27)23-21-25-24-20(30-21)22-10-14-6-15(11-22)8-16(7-14)12-22/h3-5,9,13-16,26H,6-8,10-12H2,1-2H3,(H,23,25,27). The lowest BCUT2D eigenvalue weighted by atomic mass is 9.50. The van der Waals surface area contributed by atoms with Crippen LogP contribution in [0.15, 0.2) is 29.2 Å². The number of hydrogen-bond acceptors (Lipinski definition) is 6. The Hall–Kier alpha value is -1.84. The number of rotatable bonds is 6. The van der Waals surface area contributed by atoms with Crippen LogP contribution in [-0.4, -0.2) is 30.6 Å². The molecule has 4 bridgehead atoms. The van der Waals surface area contributed by atoms with Crippen molar-refractivity contribution in [2.75, 3.05) is 5.32 Å². The fourth-order valence-electron chi connectivity index (χ4n) is 6.21. The molecule has 4 saturated carbocycles. The van der Waals surface area contributed by atoms with E-state index in [1.54, 1.807) is 26.0 Å². The van der Waals surface area contributed by atoms with E-state index in [1.165, 1.54) is 62.0 Å². The molecule has 1 heterocycles. The van der Waals surface area contributed by atoms with Gasteiger partial charge in [-0.25, -0.2) is 13.1 Å². The van der Waals surface area contributed by atoms with Crippen LogP contribution in [0.1, 0.15) is 67.7 Å². The van der Waals surface area contributed by atoms with Crippen molar-refractivity contribution in [2.24, 2.45) is 17.8 Å². The molecule has 1 amide bonds. The number of benzene rings is 1. The molecule has 6 rings (SSSR count). The average molecular weight is 461 g/mol. The largest absolute Gasteiger partial charge is 0.296 e. The summed E-state index contributed by atoms with van der Waals surface area (Å²) >= 11 is 1.48. The second kappa shape index (κ2) is 7.64. The lowest BCUT2D eigenvalue weighted by Crippen LogP contribution is -2.48. The summed E-state index contributed by atoms with van der Waals surface area (Å²) in [7, 11) is -3.67. The molecular weight excluding hydrogens is 432 g/mol. The topological polar surface area (TPSA) is 101 Å². The molecule has 0 saturated heterocycles. The maximum absolute atomic E-state index is 12.8. The van der Waals surface area contributed by atoms with E-state index in [1.807, 2.05) is 0 Å². The van der Waals surface area contributed by atoms with Crippen molar-refractivity contribution in [1.82, 2.24) is 14.9 Å². The van der Waals surface area contributed by atoms with Crippen LogP contribution in [-0.2, 0) is 15.4 Å². The Morgan fingerprint density at radius 1 is 1.10 bits per heavy atom. The maximum Gasteiger partial charge on any atom is 0.257 e. The van der Waals surface area contributed by atoms with E-state index in [9.17, 15) is 13.2 Å². The van der Waals surface area contributed by atoms with Crippen LogP contribution in [0.2, 0.25) is 0 Å². The molecule has 0 atom stereocenters. The van der Waals surface area contributed by atoms with Crippen molar-refractivity contribution in [3.63, 3.8) is 0 Å². The summed E-state index contributed by atoms with van der Waals surface area (Å²) in [6.07, 6.45) is 7.70. The Morgan fingerprint density at radius 3 is 2.35 bits per heavy atom. The van der Waals surface area contributed by atoms with Crippen LogP contribution >= 0.6 is 11.3 Å². The first kappa shape index (κ1) is 21.0. The molecule has 7 nitrogen and oxygen atoms in total. The fraction of sp³-hybridized carbons (Fsp3) is 0.591. The Bertz CT molecular complexity index is 1070. The Morgan fingerprint density at radius 2 is 1.74 bits per heavy atom. The van der Waals surface area contributed by atoms with Gasteiger partial charge >= 0.3 is 0 Å². The third kappa shape index (κ3) is 4.03. The smallest absolute Gasteiger partial charge is 0.257 e. The molecule has 1 aromatic carbocycles. The monoisotopic (exact) mass is 460 g/mol. The highest BCUT2D eigenvalue weighted by Crippen LogP contribution is 2.61. The van der Waals surface area contributed by atoms with Crippen LogP contribution in [0, 0.1) is 17.8 Å². The molecule has 4 aliphatic carbocycles. The van der Waals surface area contributed by atoms with Gasteiger partial charge in [0.05, 0.1) is 4.90 Å². The van der Waals surface area contributed by atoms with Crippen molar-refractivity contribution < 1.29 is 13.2 Å². The highest BCUT2D eigenvalue weighted by molar-refractivity contribution is 7.89. The summed E-state index contributed by atoms with van der Waals surface area (Å²) in [4.78, 5) is 12.9. The number of anilines is 1. The van der Waals surface area contributed by atoms with Gasteiger partial charge < -0.3 is 0 Å². The van der Waals surface area contributed by atoms with Crippen LogP contribution in [0.3, 0.4) is 0 Å². The van der Waals surface area contributed by atoms with Crippen LogP contribution in [0.5, 0.6) is 0 Å². The van der Waals surface area contributed by atoms with Crippen molar-refractivity contribution in [3.8, 4) is 0 Å². The fourth-order valence-corrected chi connectivity index (χ4v) is 8.47. The molecule has 1 aromatic heterocycles. The number of hydrogen-bond donors (Lipinski definition) is 2. The summed E-state index contributed by atoms with van der Waals surface area (Å²) in [6.45, 7) is 3.51. The maximum atomic E-state index is 12.8. The first-order valence-corrected chi connectivity index (χ1v) is 13.3. The van der Waals surface area contributed by atoms with Gasteiger partial charge in [-0.3, -0.25) is 10.1 Å². The highest BCUT2D eigenvalue weighted by Gasteiger charge is 2.53. The summed E-state index contributed by atoms with van der Waals surface area (Å²) in [6, 6.07) is 5.82. The summed E-state index contributed by atoms with van der Waals surface area (Å²) in [5.74, 6) is 2.07. The molecule has 166 valence electrons. The van der Waals surface area contributed by atoms with Crippen molar-refractivity contribution in [1.29, 1.82) is 0 Å². The lowest BCUT2D eigenvalue weighted by molar-refractivity contribution is -0.00555. The van der Waals surface area contributed by atoms with Gasteiger partial charge in [-0.2, -0.15) is 0 Å². The van der Waals surface area contributed by atoms with Gasteiger partial charge in [-0.15, -0.1) is 10.2 Å². The van der Waals surface area contributed by atoms with Gasteiger partial charge in [0.1, 0.15) is 5.01 Å². The number of sulfonamides is 1. The molecule has 4 aliphatic rings. The van der Waals surface area contributed by atoms with E-state index < -0.39 is 10.0 Å². The third-order valence-corrected chi connectivity index (χ3v) is 9.68. The number of nitrogens with one attached hydrogen (secondary N) is 2. The first-order chi connectivity index (χ1) is 14.7. The van der Waals surface area contributed by atoms with E-state index in [0.29, 0.717) is 5.13 Å². The molecule has 31 heavy (non-hydrogen) atoms. The van der Waals surface area contributed by atoms with Crippen LogP contribution in [0.4, 0.5) is 5.13 Å². The van der Waals surface area contributed by atoms with Gasteiger partial charge in [0.2, 0.25) is 15.2 Å². The lowest BCUT2D eigenvalue weighted by Gasteiger charge is -2.55. The van der Waals surface area contributed by atoms with E-state index in [2.05, 4.69) is 20.2 Å². The van der Waals surface area contributed by atoms with Crippen molar-refractivity contribution in [2.45, 2.75) is 68.7 Å². The van der Waals surface area contributed by atoms with Gasteiger partial charge in [0.25, 0.3) is 5.91 Å². The number of carbonyl (C=O) groups is 1. The minimum atomic E-state index is -3.67. The average Bonchev–Trinajstić information content (AvgIpc) is 3.15. The molecule has 0 aliphatic heterocycles. The van der Waals surface area contributed by atoms with Crippen LogP contribution in [0.25, 0.3) is 0 Å². The molecule has 0 spiro atoms. The predicted octanol–water partition coefficient (Wildman–Crippen LogP) is 3.94. The zero-order valence-electron chi connectivity index (χ0n) is 17.8. The minimum Gasteiger partial charge on any atom is -0.296 e. The Kier molecular flexibility index (Phi) is 5.18. The number of nitrogens with zero attached hydrogens (tertiary/aromatic N) is 2. The van der Waals surface area contributed by atoms with E-state index in [4.69, 9.17) is 0 Å². The SMILES string of the molecule is CC(C)NS(=O)(=O)c1cccc(C(=O)Nc2nnc(C34CC5CC(CC(C5)C3)C4)s2)c1. The third-order valence-electron chi connectivity index (χ3n) is 6.93. The number of aromatic nitrogens is 2. The van der Waals surface area contributed by atoms with E-state index in [0.717, 1.165) is 22.8 Å². The van der Waals surface area contributed by atoms with E-state index >= 15 is 0 Å². The zero-order valence-corrected chi connectivity index (χ0v) is 19.4. The minimum absolute atomic E-state index is 0.0698. The van der Waals surface area contributed by atoms with Crippen molar-refractivity contribution >= 4 is 32.4 Å². The normalized spacial score (nSPS) is 29.5. The second-order valence-electron chi connectivity index (χ2n) is 9.87. The molecule has 0 radical (unpaired) electrons. The summed E-state index contributed by atoms with van der Waals surface area (Å²) in [5, 5.41) is 13.1. The predicted molar refractivity (Wildman–Crippen MR) is 120 cm³/mol. The highest BCUT2D eigenvalue weighted by atomic mass is 32.2. The molecule has 4 fully saturated rings. The van der Waals surface area contributed by atoms with Crippen molar-refractivity contribution in [3.05, 3.63) is 34.8 Å². The number of carbonyl (C=O) groups excluding carboxylic acids is 1. The first-order valence-electron chi connectivity index (χ1n) is 11.0. The van der Waals surface area contributed by atoms with Crippen LogP contribution < -0.4 is 10.0 Å².